The molecule has 3 rings (SSSR count). The molecule has 0 aromatic heterocycles. The van der Waals surface area contributed by atoms with Crippen LogP contribution >= 0.6 is 22.6 Å². The Balaban J connectivity index is 1.83. The molecule has 2 aromatic rings. The minimum Gasteiger partial charge on any atom is -0.370 e. The minimum absolute atomic E-state index is 0.0468. The number of rotatable bonds is 3. The van der Waals surface area contributed by atoms with Crippen LogP contribution in [0.15, 0.2) is 48.5 Å². The van der Waals surface area contributed by atoms with Gasteiger partial charge in [0.1, 0.15) is 0 Å². The number of carbonyl (C=O) groups is 1. The molecular weight excluding hydrogens is 387 g/mol. The molecule has 0 aliphatic carbocycles. The fraction of sp³-hybridized carbons (Fsp3) is 0.278. The van der Waals surface area contributed by atoms with Crippen molar-refractivity contribution in [3.8, 4) is 0 Å². The summed E-state index contributed by atoms with van der Waals surface area (Å²) in [7, 11) is 0. The summed E-state index contributed by atoms with van der Waals surface area (Å²) < 4.78 is 0.966. The number of nitrogens with zero attached hydrogens (tertiary/aromatic N) is 1. The van der Waals surface area contributed by atoms with E-state index in [9.17, 15) is 4.79 Å². The van der Waals surface area contributed by atoms with E-state index < -0.39 is 0 Å². The first-order valence-corrected chi connectivity index (χ1v) is 8.73. The molecule has 0 unspecified atom stereocenters. The number of nitrogens with one attached hydrogen (secondary N) is 1. The summed E-state index contributed by atoms with van der Waals surface area (Å²) in [6.07, 6.45) is 3.74. The first-order chi connectivity index (χ1) is 10.8. The Bertz CT molecular complexity index is 666. The standard InChI is InChI=1S/C18H19IN2O/c19-15-9-3-2-8-14(15)18(22)20-16-10-4-5-11-17(16)21-12-6-1-7-13-21/h2-5,8-11H,1,6-7,12-13H2,(H,20,22). The van der Waals surface area contributed by atoms with Crippen LogP contribution < -0.4 is 10.2 Å². The molecule has 0 atom stereocenters. The molecule has 2 aromatic carbocycles. The molecule has 1 N–H and O–H groups in total. The Morgan fingerprint density at radius 1 is 0.955 bits per heavy atom. The van der Waals surface area contributed by atoms with E-state index in [0.29, 0.717) is 0 Å². The Labute approximate surface area is 144 Å². The number of hydrogen-bond acceptors (Lipinski definition) is 2. The third-order valence-electron chi connectivity index (χ3n) is 3.97. The highest BCUT2D eigenvalue weighted by Gasteiger charge is 2.16. The fourth-order valence-corrected chi connectivity index (χ4v) is 3.46. The Kier molecular flexibility index (Phi) is 4.97. The van der Waals surface area contributed by atoms with E-state index in [2.05, 4.69) is 38.9 Å². The number of benzene rings is 2. The number of halogens is 1. The van der Waals surface area contributed by atoms with Crippen molar-refractivity contribution in [1.29, 1.82) is 0 Å². The number of hydrogen-bond donors (Lipinski definition) is 1. The van der Waals surface area contributed by atoms with Crippen LogP contribution in [0.2, 0.25) is 0 Å². The molecule has 0 spiro atoms. The molecule has 1 aliphatic rings. The molecule has 1 heterocycles. The second-order valence-electron chi connectivity index (χ2n) is 5.50. The van der Waals surface area contributed by atoms with E-state index in [0.717, 1.165) is 33.6 Å². The van der Waals surface area contributed by atoms with Gasteiger partial charge >= 0.3 is 0 Å². The molecular formula is C18H19IN2O. The zero-order valence-electron chi connectivity index (χ0n) is 12.4. The smallest absolute Gasteiger partial charge is 0.256 e. The summed E-state index contributed by atoms with van der Waals surface area (Å²) in [4.78, 5) is 14.9. The highest BCUT2D eigenvalue weighted by molar-refractivity contribution is 14.1. The molecule has 0 bridgehead atoms. The first-order valence-electron chi connectivity index (χ1n) is 7.65. The van der Waals surface area contributed by atoms with E-state index in [-0.39, 0.29) is 5.91 Å². The first kappa shape index (κ1) is 15.3. The van der Waals surface area contributed by atoms with Crippen LogP contribution in [0.1, 0.15) is 29.6 Å². The second-order valence-corrected chi connectivity index (χ2v) is 6.66. The van der Waals surface area contributed by atoms with Crippen LogP contribution in [-0.2, 0) is 0 Å². The summed E-state index contributed by atoms with van der Waals surface area (Å²) in [6, 6.07) is 15.7. The highest BCUT2D eigenvalue weighted by atomic mass is 127. The summed E-state index contributed by atoms with van der Waals surface area (Å²) in [5.41, 5.74) is 2.74. The predicted octanol–water partition coefficient (Wildman–Crippen LogP) is 4.53. The summed E-state index contributed by atoms with van der Waals surface area (Å²) in [5, 5.41) is 3.08. The molecule has 114 valence electrons. The van der Waals surface area contributed by atoms with Gasteiger partial charge in [-0.1, -0.05) is 24.3 Å². The normalized spacial score (nSPS) is 14.7. The van der Waals surface area contributed by atoms with Crippen LogP contribution in [-0.4, -0.2) is 19.0 Å². The zero-order valence-corrected chi connectivity index (χ0v) is 14.5. The van der Waals surface area contributed by atoms with Crippen LogP contribution in [0.3, 0.4) is 0 Å². The molecule has 3 nitrogen and oxygen atoms in total. The van der Waals surface area contributed by atoms with Crippen molar-refractivity contribution in [3.63, 3.8) is 0 Å². The summed E-state index contributed by atoms with van der Waals surface area (Å²) in [6.45, 7) is 2.13. The lowest BCUT2D eigenvalue weighted by Gasteiger charge is -2.30. The van der Waals surface area contributed by atoms with Crippen LogP contribution in [0, 0.1) is 3.57 Å². The number of piperidine rings is 1. The van der Waals surface area contributed by atoms with Crippen molar-refractivity contribution in [3.05, 3.63) is 57.7 Å². The maximum Gasteiger partial charge on any atom is 0.256 e. The molecule has 1 amide bonds. The van der Waals surface area contributed by atoms with Crippen molar-refractivity contribution in [2.45, 2.75) is 19.3 Å². The lowest BCUT2D eigenvalue weighted by Crippen LogP contribution is -2.30. The number of anilines is 2. The number of amides is 1. The predicted molar refractivity (Wildman–Crippen MR) is 99.6 cm³/mol. The van der Waals surface area contributed by atoms with Gasteiger partial charge in [0, 0.05) is 16.7 Å². The Morgan fingerprint density at radius 2 is 1.64 bits per heavy atom. The third kappa shape index (κ3) is 3.43. The van der Waals surface area contributed by atoms with Crippen molar-refractivity contribution in [2.24, 2.45) is 0 Å². The highest BCUT2D eigenvalue weighted by Crippen LogP contribution is 2.28. The molecule has 1 fully saturated rings. The van der Waals surface area contributed by atoms with Gasteiger partial charge in [-0.25, -0.2) is 0 Å². The van der Waals surface area contributed by atoms with E-state index >= 15 is 0 Å². The van der Waals surface area contributed by atoms with Gasteiger partial charge < -0.3 is 10.2 Å². The Morgan fingerprint density at radius 3 is 2.41 bits per heavy atom. The minimum atomic E-state index is -0.0468. The molecule has 1 saturated heterocycles. The van der Waals surface area contributed by atoms with Crippen molar-refractivity contribution in [2.75, 3.05) is 23.3 Å². The number of carbonyl (C=O) groups excluding carboxylic acids is 1. The lowest BCUT2D eigenvalue weighted by atomic mass is 10.1. The molecule has 22 heavy (non-hydrogen) atoms. The van der Waals surface area contributed by atoms with Gasteiger partial charge in [-0.15, -0.1) is 0 Å². The third-order valence-corrected chi connectivity index (χ3v) is 4.91. The SMILES string of the molecule is O=C(Nc1ccccc1N1CCCCC1)c1ccccc1I. The van der Waals surface area contributed by atoms with Gasteiger partial charge in [0.25, 0.3) is 5.91 Å². The second kappa shape index (κ2) is 7.13. The lowest BCUT2D eigenvalue weighted by molar-refractivity contribution is 0.102. The van der Waals surface area contributed by atoms with Crippen LogP contribution in [0.5, 0.6) is 0 Å². The van der Waals surface area contributed by atoms with E-state index in [1.54, 1.807) is 0 Å². The Hall–Kier alpha value is -1.56. The zero-order chi connectivity index (χ0) is 15.4. The topological polar surface area (TPSA) is 32.3 Å². The number of para-hydroxylation sites is 2. The van der Waals surface area contributed by atoms with Gasteiger partial charge in [-0.05, 0) is 66.1 Å². The molecule has 0 radical (unpaired) electrons. The van der Waals surface area contributed by atoms with Gasteiger partial charge in [-0.3, -0.25) is 4.79 Å². The molecule has 4 heteroatoms. The van der Waals surface area contributed by atoms with E-state index in [1.165, 1.54) is 19.3 Å². The monoisotopic (exact) mass is 406 g/mol. The molecule has 0 saturated carbocycles. The van der Waals surface area contributed by atoms with Gasteiger partial charge in [0.15, 0.2) is 0 Å². The summed E-state index contributed by atoms with van der Waals surface area (Å²) in [5.74, 6) is -0.0468. The fourth-order valence-electron chi connectivity index (χ4n) is 2.82. The molecule has 1 aliphatic heterocycles. The van der Waals surface area contributed by atoms with Gasteiger partial charge in [-0.2, -0.15) is 0 Å². The summed E-state index contributed by atoms with van der Waals surface area (Å²) >= 11 is 2.20. The van der Waals surface area contributed by atoms with Crippen molar-refractivity contribution in [1.82, 2.24) is 0 Å². The van der Waals surface area contributed by atoms with Crippen LogP contribution in [0.4, 0.5) is 11.4 Å². The maximum atomic E-state index is 12.5. The largest absolute Gasteiger partial charge is 0.370 e. The van der Waals surface area contributed by atoms with E-state index in [1.807, 2.05) is 42.5 Å². The van der Waals surface area contributed by atoms with E-state index in [4.69, 9.17) is 0 Å². The van der Waals surface area contributed by atoms with Crippen molar-refractivity contribution >= 4 is 39.9 Å². The van der Waals surface area contributed by atoms with Crippen molar-refractivity contribution < 1.29 is 4.79 Å². The maximum absolute atomic E-state index is 12.5. The van der Waals surface area contributed by atoms with Crippen LogP contribution in [0.25, 0.3) is 0 Å². The van der Waals surface area contributed by atoms with Gasteiger partial charge in [0.05, 0.1) is 16.9 Å². The average molecular weight is 406 g/mol. The quantitative estimate of drug-likeness (QED) is 0.760. The van der Waals surface area contributed by atoms with Gasteiger partial charge in [0.2, 0.25) is 0 Å². The average Bonchev–Trinajstić information content (AvgIpc) is 2.56.